The molecule has 1 amide bonds. The van der Waals surface area contributed by atoms with E-state index in [0.717, 1.165) is 9.80 Å². The lowest BCUT2D eigenvalue weighted by Gasteiger charge is -2.45. The van der Waals surface area contributed by atoms with Gasteiger partial charge < -0.3 is 9.80 Å². The van der Waals surface area contributed by atoms with Crippen molar-refractivity contribution in [2.45, 2.75) is 50.0 Å². The number of rotatable bonds is 0. The maximum atomic E-state index is 14.8. The smallest absolute Gasteiger partial charge is 0.330 e. The summed E-state index contributed by atoms with van der Waals surface area (Å²) in [5.74, 6) is -4.21. The molecule has 1 fully saturated rings. The average Bonchev–Trinajstić information content (AvgIpc) is 3.01. The molecule has 1 N–H and O–H groups in total. The fourth-order valence-corrected chi connectivity index (χ4v) is 3.44. The summed E-state index contributed by atoms with van der Waals surface area (Å²) >= 11 is 0. The molecule has 0 saturated carbocycles. The van der Waals surface area contributed by atoms with Crippen molar-refractivity contribution < 1.29 is 35.9 Å². The van der Waals surface area contributed by atoms with Gasteiger partial charge >= 0.3 is 6.18 Å². The first kappa shape index (κ1) is 19.5. The standard InChI is InChI=1S/C15H16F6N4O2/c16-8-2-1-7(26)5-11(27)24-3-4-25-13(12(24)10(18)6-9(8)17)22-23-14(25)15(19,20)21/h6,8,10,12-13,22H,1-5H2/b9-6+/t8-,10-,12?,13-/m0/s1. The largest absolute Gasteiger partial charge is 0.451 e. The summed E-state index contributed by atoms with van der Waals surface area (Å²) in [7, 11) is 0. The number of nitrogens with one attached hydrogen (secondary N) is 1. The highest BCUT2D eigenvalue weighted by Gasteiger charge is 2.53. The lowest BCUT2D eigenvalue weighted by atomic mass is 10.0. The number of hydrazone groups is 1. The highest BCUT2D eigenvalue weighted by Crippen LogP contribution is 2.32. The Morgan fingerprint density at radius 3 is 2.48 bits per heavy atom. The molecule has 1 saturated heterocycles. The van der Waals surface area contributed by atoms with E-state index < -0.39 is 73.3 Å². The molecule has 0 aliphatic carbocycles. The predicted molar refractivity (Wildman–Crippen MR) is 80.5 cm³/mol. The van der Waals surface area contributed by atoms with Gasteiger partial charge in [-0.25, -0.2) is 13.2 Å². The number of amidine groups is 1. The third kappa shape index (κ3) is 3.74. The summed E-state index contributed by atoms with van der Waals surface area (Å²) in [6.07, 6.45) is -12.1. The monoisotopic (exact) mass is 398 g/mol. The summed E-state index contributed by atoms with van der Waals surface area (Å²) in [5, 5.41) is 3.17. The van der Waals surface area contributed by atoms with Crippen molar-refractivity contribution in [2.75, 3.05) is 13.1 Å². The van der Waals surface area contributed by atoms with Crippen LogP contribution in [0, 0.1) is 0 Å². The Hall–Kier alpha value is -2.27. The molecule has 27 heavy (non-hydrogen) atoms. The maximum absolute atomic E-state index is 14.8. The number of hydrogen-bond acceptors (Lipinski definition) is 5. The van der Waals surface area contributed by atoms with Crippen LogP contribution in [0.5, 0.6) is 0 Å². The number of carbonyl (C=O) groups excluding carboxylic acids is 2. The minimum Gasteiger partial charge on any atom is -0.330 e. The first-order valence-corrected chi connectivity index (χ1v) is 8.23. The molecule has 3 heterocycles. The van der Waals surface area contributed by atoms with E-state index in [-0.39, 0.29) is 13.1 Å². The number of halogens is 6. The Morgan fingerprint density at radius 2 is 1.81 bits per heavy atom. The van der Waals surface area contributed by atoms with Crippen LogP contribution < -0.4 is 5.43 Å². The number of allylic oxidation sites excluding steroid dienone is 1. The Morgan fingerprint density at radius 1 is 1.15 bits per heavy atom. The molecule has 0 aromatic heterocycles. The first-order valence-electron chi connectivity index (χ1n) is 8.23. The quantitative estimate of drug-likeness (QED) is 0.497. The summed E-state index contributed by atoms with van der Waals surface area (Å²) in [6.45, 7) is -0.629. The molecule has 1 unspecified atom stereocenters. The number of fused-ring (bicyclic) bond motifs is 3. The average molecular weight is 398 g/mol. The van der Waals surface area contributed by atoms with Crippen LogP contribution >= 0.6 is 0 Å². The second-order valence-electron chi connectivity index (χ2n) is 6.50. The van der Waals surface area contributed by atoms with Crippen LogP contribution in [0.15, 0.2) is 17.0 Å². The highest BCUT2D eigenvalue weighted by atomic mass is 19.4. The number of nitrogens with zero attached hydrogens (tertiary/aromatic N) is 3. The molecule has 0 radical (unpaired) electrons. The molecule has 12 heteroatoms. The number of piperazine rings is 1. The molecule has 6 nitrogen and oxygen atoms in total. The minimum atomic E-state index is -4.81. The van der Waals surface area contributed by atoms with Gasteiger partial charge in [-0.05, 0) is 12.5 Å². The number of ketones is 1. The van der Waals surface area contributed by atoms with E-state index >= 15 is 0 Å². The van der Waals surface area contributed by atoms with E-state index in [1.165, 1.54) is 0 Å². The number of amides is 1. The van der Waals surface area contributed by atoms with Crippen LogP contribution in [0.2, 0.25) is 0 Å². The van der Waals surface area contributed by atoms with Gasteiger partial charge in [0.05, 0.1) is 6.42 Å². The van der Waals surface area contributed by atoms with E-state index in [2.05, 4.69) is 10.5 Å². The van der Waals surface area contributed by atoms with Crippen LogP contribution in [0.3, 0.4) is 0 Å². The summed E-state index contributed by atoms with van der Waals surface area (Å²) in [6, 6.07) is -1.61. The van der Waals surface area contributed by atoms with Gasteiger partial charge in [0, 0.05) is 19.5 Å². The van der Waals surface area contributed by atoms with Crippen LogP contribution in [0.25, 0.3) is 0 Å². The molecule has 4 atom stereocenters. The Labute approximate surface area is 149 Å². The van der Waals surface area contributed by atoms with Gasteiger partial charge in [-0.3, -0.25) is 15.0 Å². The Bertz CT molecular complexity index is 694. The van der Waals surface area contributed by atoms with E-state index in [0.29, 0.717) is 6.08 Å². The zero-order chi connectivity index (χ0) is 19.9. The van der Waals surface area contributed by atoms with Gasteiger partial charge in [0.25, 0.3) is 0 Å². The van der Waals surface area contributed by atoms with Crippen molar-refractivity contribution in [3.05, 3.63) is 11.9 Å². The van der Waals surface area contributed by atoms with E-state index in [1.54, 1.807) is 0 Å². The third-order valence-corrected chi connectivity index (χ3v) is 4.72. The summed E-state index contributed by atoms with van der Waals surface area (Å²) < 4.78 is 81.6. The van der Waals surface area contributed by atoms with Gasteiger partial charge in [0.2, 0.25) is 11.7 Å². The van der Waals surface area contributed by atoms with Crippen LogP contribution in [0.1, 0.15) is 19.3 Å². The van der Waals surface area contributed by atoms with Crippen molar-refractivity contribution in [1.82, 2.24) is 15.2 Å². The normalized spacial score (nSPS) is 34.7. The zero-order valence-electron chi connectivity index (χ0n) is 13.8. The third-order valence-electron chi connectivity index (χ3n) is 4.72. The molecule has 0 spiro atoms. The molecular weight excluding hydrogens is 382 g/mol. The molecule has 150 valence electrons. The van der Waals surface area contributed by atoms with Crippen molar-refractivity contribution in [1.29, 1.82) is 0 Å². The zero-order valence-corrected chi connectivity index (χ0v) is 13.8. The van der Waals surface area contributed by atoms with Crippen molar-refractivity contribution >= 4 is 17.5 Å². The van der Waals surface area contributed by atoms with Gasteiger partial charge in [0.15, 0.2) is 6.17 Å². The SMILES string of the molecule is O=C1CC[C@H](F)/C(F)=C\[C@H](F)C2[C@H]3NN=C(C(F)(F)F)N3CCN2C(=O)C1. The molecule has 0 aromatic carbocycles. The molecule has 3 aliphatic heterocycles. The van der Waals surface area contributed by atoms with Crippen LogP contribution in [-0.4, -0.2) is 71.1 Å². The fourth-order valence-electron chi connectivity index (χ4n) is 3.44. The number of Topliss-reactive ketones (excluding diaryl/α,β-unsaturated/α-hetero) is 1. The molecule has 0 bridgehead atoms. The second kappa shape index (κ2) is 7.04. The maximum Gasteiger partial charge on any atom is 0.451 e. The van der Waals surface area contributed by atoms with Gasteiger partial charge in [0.1, 0.15) is 30.0 Å². The van der Waals surface area contributed by atoms with E-state index in [9.17, 15) is 35.9 Å². The van der Waals surface area contributed by atoms with E-state index in [1.807, 2.05) is 0 Å². The minimum absolute atomic E-state index is 0.308. The Balaban J connectivity index is 1.95. The van der Waals surface area contributed by atoms with Gasteiger partial charge in [-0.1, -0.05) is 0 Å². The lowest BCUT2D eigenvalue weighted by Crippen LogP contribution is -2.67. The summed E-state index contributed by atoms with van der Waals surface area (Å²) in [5.41, 5.74) is 2.13. The Kier molecular flexibility index (Phi) is 5.08. The molecular formula is C15H16F6N4O2. The highest BCUT2D eigenvalue weighted by molar-refractivity contribution is 5.98. The van der Waals surface area contributed by atoms with Gasteiger partial charge in [-0.15, -0.1) is 0 Å². The van der Waals surface area contributed by atoms with E-state index in [4.69, 9.17) is 0 Å². The fraction of sp³-hybridized carbons (Fsp3) is 0.667. The molecule has 0 aromatic rings. The van der Waals surface area contributed by atoms with Crippen molar-refractivity contribution in [3.63, 3.8) is 0 Å². The first-order chi connectivity index (χ1) is 12.6. The molecule has 3 aliphatic rings. The van der Waals surface area contributed by atoms with Crippen molar-refractivity contribution in [3.8, 4) is 0 Å². The summed E-state index contributed by atoms with van der Waals surface area (Å²) in [4.78, 5) is 25.8. The van der Waals surface area contributed by atoms with Crippen LogP contribution in [0.4, 0.5) is 26.3 Å². The van der Waals surface area contributed by atoms with Gasteiger partial charge in [-0.2, -0.15) is 18.3 Å². The van der Waals surface area contributed by atoms with Crippen LogP contribution in [-0.2, 0) is 9.59 Å². The number of carbonyl (C=O) groups is 2. The van der Waals surface area contributed by atoms with Crippen molar-refractivity contribution in [2.24, 2.45) is 5.10 Å². The molecule has 3 rings (SSSR count). The topological polar surface area (TPSA) is 65.0 Å². The number of alkyl halides is 5. The number of hydrogen-bond donors (Lipinski definition) is 1. The lowest BCUT2D eigenvalue weighted by molar-refractivity contribution is -0.142. The predicted octanol–water partition coefficient (Wildman–Crippen LogP) is 1.59. The second-order valence-corrected chi connectivity index (χ2v) is 6.50.